The zero-order chi connectivity index (χ0) is 18.9. The van der Waals surface area contributed by atoms with E-state index < -0.39 is 11.9 Å². The molecule has 0 bridgehead atoms. The number of amides is 2. The molecule has 2 N–H and O–H groups in total. The molecule has 26 heavy (non-hydrogen) atoms. The van der Waals surface area contributed by atoms with Crippen LogP contribution in [0, 0.1) is 5.92 Å². The second-order valence-corrected chi connectivity index (χ2v) is 6.85. The van der Waals surface area contributed by atoms with Crippen LogP contribution in [0.5, 0.6) is 0 Å². The second kappa shape index (κ2) is 9.70. The topological polar surface area (TPSA) is 84.0 Å². The number of nitrogens with one attached hydrogen (secondary N) is 2. The summed E-state index contributed by atoms with van der Waals surface area (Å²) < 4.78 is 0. The van der Waals surface area contributed by atoms with Gasteiger partial charge in [0, 0.05) is 18.8 Å². The molecular weight excluding hydrogens is 327 g/mol. The lowest BCUT2D eigenvalue weighted by molar-refractivity contribution is -0.123. The molecule has 1 unspecified atom stereocenters. The van der Waals surface area contributed by atoms with Crippen LogP contribution in [0.3, 0.4) is 0 Å². The van der Waals surface area contributed by atoms with Gasteiger partial charge in [-0.05, 0) is 23.8 Å². The lowest BCUT2D eigenvalue weighted by Crippen LogP contribution is -2.51. The molecule has 136 valence electrons. The molecule has 1 heterocycles. The third kappa shape index (κ3) is 6.31. The fourth-order valence-electron chi connectivity index (χ4n) is 2.82. The zero-order valence-corrected chi connectivity index (χ0v) is 15.5. The van der Waals surface area contributed by atoms with Crippen LogP contribution in [0.15, 0.2) is 48.9 Å². The molecule has 2 atom stereocenters. The fourth-order valence-corrected chi connectivity index (χ4v) is 2.82. The van der Waals surface area contributed by atoms with Gasteiger partial charge in [-0.1, -0.05) is 44.2 Å². The maximum Gasteiger partial charge on any atom is 0.272 e. The van der Waals surface area contributed by atoms with E-state index in [1.165, 1.54) is 18.6 Å². The van der Waals surface area contributed by atoms with E-state index in [1.807, 2.05) is 38.2 Å². The molecule has 2 rings (SSSR count). The number of aromatic nitrogens is 2. The Balaban J connectivity index is 2.10. The van der Waals surface area contributed by atoms with Crippen LogP contribution in [-0.2, 0) is 11.2 Å². The smallest absolute Gasteiger partial charge is 0.272 e. The highest BCUT2D eigenvalue weighted by Crippen LogP contribution is 2.07. The molecule has 1 aromatic carbocycles. The van der Waals surface area contributed by atoms with E-state index in [9.17, 15) is 9.59 Å². The number of carbonyl (C=O) groups excluding carboxylic acids is 2. The average molecular weight is 352 g/mol. The average Bonchev–Trinajstić information content (AvgIpc) is 2.62. The molecule has 0 radical (unpaired) electrons. The summed E-state index contributed by atoms with van der Waals surface area (Å²) in [5, 5.41) is 5.79. The van der Waals surface area contributed by atoms with Crippen molar-refractivity contribution in [2.45, 2.75) is 38.7 Å². The molecule has 7 heteroatoms. The van der Waals surface area contributed by atoms with Crippen molar-refractivity contribution in [2.75, 3.05) is 0 Å². The third-order valence-corrected chi connectivity index (χ3v) is 3.91. The molecule has 0 fully saturated rings. The van der Waals surface area contributed by atoms with Gasteiger partial charge in [0.25, 0.3) is 5.91 Å². The summed E-state index contributed by atoms with van der Waals surface area (Å²) in [7, 11) is 1.97. The summed E-state index contributed by atoms with van der Waals surface area (Å²) in [5.74, 6) is -0.0915. The summed E-state index contributed by atoms with van der Waals surface area (Å²) >= 11 is 0. The first-order chi connectivity index (χ1) is 12.5. The SMILES string of the molecule is BC(CC(C)C)NC(=O)[C@H](Cc1ccccc1)NC(=O)c1cnccn1. The highest BCUT2D eigenvalue weighted by atomic mass is 16.2. The Labute approximate surface area is 155 Å². The zero-order valence-electron chi connectivity index (χ0n) is 15.5. The van der Waals surface area contributed by atoms with Gasteiger partial charge >= 0.3 is 0 Å². The lowest BCUT2D eigenvalue weighted by atomic mass is 9.87. The summed E-state index contributed by atoms with van der Waals surface area (Å²) in [6.45, 7) is 4.22. The first-order valence-electron chi connectivity index (χ1n) is 8.87. The maximum atomic E-state index is 12.7. The lowest BCUT2D eigenvalue weighted by Gasteiger charge is -2.22. The van der Waals surface area contributed by atoms with Gasteiger partial charge in [0.15, 0.2) is 0 Å². The van der Waals surface area contributed by atoms with Crippen molar-refractivity contribution < 1.29 is 9.59 Å². The molecule has 0 aliphatic rings. The summed E-state index contributed by atoms with van der Waals surface area (Å²) in [6.07, 6.45) is 5.62. The van der Waals surface area contributed by atoms with E-state index in [1.54, 1.807) is 0 Å². The van der Waals surface area contributed by atoms with Crippen molar-refractivity contribution in [3.8, 4) is 0 Å². The predicted octanol–water partition coefficient (Wildman–Crippen LogP) is 0.939. The van der Waals surface area contributed by atoms with Crippen LogP contribution >= 0.6 is 0 Å². The Kier molecular flexibility index (Phi) is 7.32. The Bertz CT molecular complexity index is 710. The van der Waals surface area contributed by atoms with Gasteiger partial charge in [0.05, 0.1) is 6.20 Å². The molecule has 1 aromatic heterocycles. The first kappa shape index (κ1) is 19.6. The van der Waals surface area contributed by atoms with Crippen molar-refractivity contribution in [3.63, 3.8) is 0 Å². The van der Waals surface area contributed by atoms with Gasteiger partial charge in [0.2, 0.25) is 5.91 Å². The van der Waals surface area contributed by atoms with Crippen LogP contribution < -0.4 is 10.6 Å². The van der Waals surface area contributed by atoms with Crippen LogP contribution in [-0.4, -0.2) is 41.6 Å². The Morgan fingerprint density at radius 1 is 1.12 bits per heavy atom. The number of benzene rings is 1. The molecule has 0 aliphatic carbocycles. The summed E-state index contributed by atoms with van der Waals surface area (Å²) in [4.78, 5) is 33.1. The Morgan fingerprint density at radius 2 is 1.85 bits per heavy atom. The van der Waals surface area contributed by atoms with E-state index in [-0.39, 0.29) is 17.5 Å². The fraction of sp³-hybridized carbons (Fsp3) is 0.368. The van der Waals surface area contributed by atoms with E-state index in [2.05, 4.69) is 34.4 Å². The van der Waals surface area contributed by atoms with Crippen LogP contribution in [0.4, 0.5) is 0 Å². The second-order valence-electron chi connectivity index (χ2n) is 6.85. The molecule has 2 amide bonds. The number of hydrogen-bond donors (Lipinski definition) is 2. The highest BCUT2D eigenvalue weighted by molar-refractivity contribution is 6.13. The Hall–Kier alpha value is -2.70. The molecular formula is C19H25BN4O2. The standard InChI is InChI=1S/C19H25BN4O2/c1-13(2)10-17(20)24-18(25)15(11-14-6-4-3-5-7-14)23-19(26)16-12-21-8-9-22-16/h3-9,12-13,15,17H,10-11,20H2,1-2H3,(H,23,26)(H,24,25)/t15-,17?/m0/s1. The summed E-state index contributed by atoms with van der Waals surface area (Å²) in [6, 6.07) is 8.94. The third-order valence-electron chi connectivity index (χ3n) is 3.91. The predicted molar refractivity (Wildman–Crippen MR) is 103 cm³/mol. The van der Waals surface area contributed by atoms with Crippen LogP contribution in [0.25, 0.3) is 0 Å². The highest BCUT2D eigenvalue weighted by Gasteiger charge is 2.23. The van der Waals surface area contributed by atoms with Crippen molar-refractivity contribution in [1.82, 2.24) is 20.6 Å². The van der Waals surface area contributed by atoms with Crippen LogP contribution in [0.1, 0.15) is 36.3 Å². The van der Waals surface area contributed by atoms with Crippen LogP contribution in [0.2, 0.25) is 0 Å². The normalized spacial score (nSPS) is 13.0. The van der Waals surface area contributed by atoms with Crippen molar-refractivity contribution >= 4 is 19.7 Å². The molecule has 0 saturated carbocycles. The van der Waals surface area contributed by atoms with Gasteiger partial charge in [0.1, 0.15) is 19.6 Å². The molecule has 0 aliphatic heterocycles. The minimum atomic E-state index is -0.679. The molecule has 0 saturated heterocycles. The summed E-state index contributed by atoms with van der Waals surface area (Å²) in [5.41, 5.74) is 1.16. The van der Waals surface area contributed by atoms with Gasteiger partial charge in [-0.15, -0.1) is 0 Å². The van der Waals surface area contributed by atoms with E-state index in [4.69, 9.17) is 0 Å². The largest absolute Gasteiger partial charge is 0.360 e. The van der Waals surface area contributed by atoms with Crippen molar-refractivity contribution in [2.24, 2.45) is 5.92 Å². The van der Waals surface area contributed by atoms with E-state index in [0.717, 1.165) is 12.0 Å². The van der Waals surface area contributed by atoms with Crippen molar-refractivity contribution in [3.05, 3.63) is 60.2 Å². The van der Waals surface area contributed by atoms with Gasteiger partial charge < -0.3 is 10.6 Å². The molecule has 2 aromatic rings. The number of nitrogens with zero attached hydrogens (tertiary/aromatic N) is 2. The maximum absolute atomic E-state index is 12.7. The number of rotatable bonds is 8. The van der Waals surface area contributed by atoms with Gasteiger partial charge in [-0.2, -0.15) is 0 Å². The van der Waals surface area contributed by atoms with Gasteiger partial charge in [-0.25, -0.2) is 4.98 Å². The van der Waals surface area contributed by atoms with E-state index in [0.29, 0.717) is 12.3 Å². The molecule has 6 nitrogen and oxygen atoms in total. The quantitative estimate of drug-likeness (QED) is 0.693. The Morgan fingerprint density at radius 3 is 2.46 bits per heavy atom. The number of carbonyl (C=O) groups is 2. The van der Waals surface area contributed by atoms with E-state index >= 15 is 0 Å². The monoisotopic (exact) mass is 352 g/mol. The molecule has 0 spiro atoms. The van der Waals surface area contributed by atoms with Crippen molar-refractivity contribution in [1.29, 1.82) is 0 Å². The number of hydrogen-bond acceptors (Lipinski definition) is 4. The van der Waals surface area contributed by atoms with Gasteiger partial charge in [-0.3, -0.25) is 14.6 Å². The first-order valence-corrected chi connectivity index (χ1v) is 8.87. The minimum absolute atomic E-state index is 0.0363. The minimum Gasteiger partial charge on any atom is -0.360 e.